The van der Waals surface area contributed by atoms with E-state index in [0.717, 1.165) is 21.1 Å². The molecule has 0 aliphatic carbocycles. The number of nitrogens with zero attached hydrogens (tertiary/aromatic N) is 1. The molecule has 0 unspecified atom stereocenters. The molecule has 0 amide bonds. The van der Waals surface area contributed by atoms with E-state index in [1.807, 2.05) is 36.4 Å². The van der Waals surface area contributed by atoms with Crippen molar-refractivity contribution in [2.75, 3.05) is 5.33 Å². The SMILES string of the molecule is O=c1c(CCBr)c(Br)ccn1-c1ccccc1. The maximum Gasteiger partial charge on any atom is 0.259 e. The molecule has 88 valence electrons. The molecule has 1 aromatic carbocycles. The van der Waals surface area contributed by atoms with Crippen molar-refractivity contribution >= 4 is 31.9 Å². The summed E-state index contributed by atoms with van der Waals surface area (Å²) in [7, 11) is 0. The Labute approximate surface area is 117 Å². The molecule has 4 heteroatoms. The van der Waals surface area contributed by atoms with Crippen molar-refractivity contribution in [1.82, 2.24) is 4.57 Å². The molecule has 0 saturated heterocycles. The normalized spacial score (nSPS) is 10.5. The van der Waals surface area contributed by atoms with Crippen LogP contribution in [0, 0.1) is 0 Å². The zero-order chi connectivity index (χ0) is 12.3. The summed E-state index contributed by atoms with van der Waals surface area (Å²) in [6, 6.07) is 11.5. The number of halogens is 2. The monoisotopic (exact) mass is 355 g/mol. The molecule has 0 N–H and O–H groups in total. The second kappa shape index (κ2) is 5.65. The fourth-order valence-electron chi connectivity index (χ4n) is 1.67. The lowest BCUT2D eigenvalue weighted by atomic mass is 10.2. The van der Waals surface area contributed by atoms with E-state index in [-0.39, 0.29) is 5.56 Å². The molecule has 0 atom stereocenters. The van der Waals surface area contributed by atoms with Crippen LogP contribution in [-0.4, -0.2) is 9.90 Å². The van der Waals surface area contributed by atoms with Gasteiger partial charge in [0.1, 0.15) is 0 Å². The molecule has 0 saturated carbocycles. The number of alkyl halides is 1. The Morgan fingerprint density at radius 1 is 1.12 bits per heavy atom. The molecule has 0 bridgehead atoms. The summed E-state index contributed by atoms with van der Waals surface area (Å²) < 4.78 is 2.54. The van der Waals surface area contributed by atoms with Crippen molar-refractivity contribution in [3.05, 3.63) is 63.0 Å². The summed E-state index contributed by atoms with van der Waals surface area (Å²) in [6.07, 6.45) is 2.51. The van der Waals surface area contributed by atoms with Gasteiger partial charge in [-0.05, 0) is 24.6 Å². The molecule has 2 nitrogen and oxygen atoms in total. The molecular formula is C13H11Br2NO. The van der Waals surface area contributed by atoms with Gasteiger partial charge in [-0.25, -0.2) is 0 Å². The number of hydrogen-bond acceptors (Lipinski definition) is 1. The summed E-state index contributed by atoms with van der Waals surface area (Å²) >= 11 is 6.79. The van der Waals surface area contributed by atoms with Gasteiger partial charge < -0.3 is 0 Å². The van der Waals surface area contributed by atoms with Crippen LogP contribution in [0.2, 0.25) is 0 Å². The fourth-order valence-corrected chi connectivity index (χ4v) is 2.55. The maximum absolute atomic E-state index is 12.3. The third kappa shape index (κ3) is 2.69. The van der Waals surface area contributed by atoms with Crippen molar-refractivity contribution in [3.63, 3.8) is 0 Å². The maximum atomic E-state index is 12.3. The minimum atomic E-state index is 0.0324. The molecule has 1 aromatic heterocycles. The first kappa shape index (κ1) is 12.6. The van der Waals surface area contributed by atoms with E-state index in [0.29, 0.717) is 6.42 Å². The van der Waals surface area contributed by atoms with Crippen LogP contribution >= 0.6 is 31.9 Å². The topological polar surface area (TPSA) is 22.0 Å². The van der Waals surface area contributed by atoms with E-state index < -0.39 is 0 Å². The minimum absolute atomic E-state index is 0.0324. The van der Waals surface area contributed by atoms with Gasteiger partial charge in [-0.15, -0.1) is 0 Å². The summed E-state index contributed by atoms with van der Waals surface area (Å²) in [4.78, 5) is 12.3. The van der Waals surface area contributed by atoms with Gasteiger partial charge in [-0.3, -0.25) is 9.36 Å². The fraction of sp³-hybridized carbons (Fsp3) is 0.154. The average molecular weight is 357 g/mol. The molecular weight excluding hydrogens is 346 g/mol. The van der Waals surface area contributed by atoms with Crippen LogP contribution in [0.5, 0.6) is 0 Å². The van der Waals surface area contributed by atoms with E-state index >= 15 is 0 Å². The van der Waals surface area contributed by atoms with Gasteiger partial charge in [0.05, 0.1) is 0 Å². The zero-order valence-electron chi connectivity index (χ0n) is 9.07. The van der Waals surface area contributed by atoms with Gasteiger partial charge in [0.25, 0.3) is 5.56 Å². The van der Waals surface area contributed by atoms with Gasteiger partial charge in [0.15, 0.2) is 0 Å². The minimum Gasteiger partial charge on any atom is -0.284 e. The number of para-hydroxylation sites is 1. The summed E-state index contributed by atoms with van der Waals surface area (Å²) in [5.41, 5.74) is 1.72. The van der Waals surface area contributed by atoms with Gasteiger partial charge in [0, 0.05) is 27.3 Å². The van der Waals surface area contributed by atoms with E-state index in [9.17, 15) is 4.79 Å². The molecule has 0 spiro atoms. The highest BCUT2D eigenvalue weighted by Crippen LogP contribution is 2.15. The molecule has 0 radical (unpaired) electrons. The lowest BCUT2D eigenvalue weighted by Gasteiger charge is -2.09. The smallest absolute Gasteiger partial charge is 0.259 e. The lowest BCUT2D eigenvalue weighted by Crippen LogP contribution is -2.22. The van der Waals surface area contributed by atoms with Crippen LogP contribution < -0.4 is 5.56 Å². The van der Waals surface area contributed by atoms with Gasteiger partial charge in [-0.1, -0.05) is 50.1 Å². The van der Waals surface area contributed by atoms with Crippen LogP contribution in [0.25, 0.3) is 5.69 Å². The Hall–Kier alpha value is -0.870. The first-order chi connectivity index (χ1) is 8.24. The van der Waals surface area contributed by atoms with Crippen LogP contribution in [0.3, 0.4) is 0 Å². The van der Waals surface area contributed by atoms with Gasteiger partial charge >= 0.3 is 0 Å². The Morgan fingerprint density at radius 3 is 2.47 bits per heavy atom. The molecule has 17 heavy (non-hydrogen) atoms. The summed E-state index contributed by atoms with van der Waals surface area (Å²) in [6.45, 7) is 0. The van der Waals surface area contributed by atoms with Crippen molar-refractivity contribution in [2.45, 2.75) is 6.42 Å². The lowest BCUT2D eigenvalue weighted by molar-refractivity contribution is 0.937. The third-order valence-corrected chi connectivity index (χ3v) is 3.65. The Balaban J connectivity index is 2.58. The third-order valence-electron chi connectivity index (χ3n) is 2.51. The second-order valence-corrected chi connectivity index (χ2v) is 5.24. The highest BCUT2D eigenvalue weighted by Gasteiger charge is 2.08. The van der Waals surface area contributed by atoms with Crippen molar-refractivity contribution in [3.8, 4) is 5.69 Å². The largest absolute Gasteiger partial charge is 0.284 e. The number of benzene rings is 1. The summed E-state index contributed by atoms with van der Waals surface area (Å²) in [5, 5.41) is 0.777. The van der Waals surface area contributed by atoms with Crippen LogP contribution in [-0.2, 0) is 6.42 Å². The van der Waals surface area contributed by atoms with Crippen LogP contribution in [0.4, 0.5) is 0 Å². The molecule has 2 aromatic rings. The predicted octanol–water partition coefficient (Wildman–Crippen LogP) is 3.54. The molecule has 2 rings (SSSR count). The van der Waals surface area contributed by atoms with E-state index in [2.05, 4.69) is 31.9 Å². The Bertz CT molecular complexity index is 563. The Morgan fingerprint density at radius 2 is 1.82 bits per heavy atom. The van der Waals surface area contributed by atoms with Crippen molar-refractivity contribution < 1.29 is 0 Å². The van der Waals surface area contributed by atoms with Crippen LogP contribution in [0.15, 0.2) is 51.9 Å². The first-order valence-corrected chi connectivity index (χ1v) is 7.17. The predicted molar refractivity (Wildman–Crippen MR) is 77.2 cm³/mol. The number of rotatable bonds is 3. The molecule has 0 aliphatic heterocycles. The zero-order valence-corrected chi connectivity index (χ0v) is 12.2. The highest BCUT2D eigenvalue weighted by atomic mass is 79.9. The van der Waals surface area contributed by atoms with E-state index in [1.165, 1.54) is 0 Å². The number of pyridine rings is 1. The van der Waals surface area contributed by atoms with Crippen molar-refractivity contribution in [1.29, 1.82) is 0 Å². The molecule has 0 aliphatic rings. The molecule has 1 heterocycles. The highest BCUT2D eigenvalue weighted by molar-refractivity contribution is 9.10. The summed E-state index contributed by atoms with van der Waals surface area (Å²) in [5.74, 6) is 0. The number of aromatic nitrogens is 1. The average Bonchev–Trinajstić information content (AvgIpc) is 2.36. The van der Waals surface area contributed by atoms with E-state index in [4.69, 9.17) is 0 Å². The number of hydrogen-bond donors (Lipinski definition) is 0. The van der Waals surface area contributed by atoms with Crippen molar-refractivity contribution in [2.24, 2.45) is 0 Å². The molecule has 0 fully saturated rings. The Kier molecular flexibility index (Phi) is 4.18. The quantitative estimate of drug-likeness (QED) is 0.771. The van der Waals surface area contributed by atoms with Gasteiger partial charge in [0.2, 0.25) is 0 Å². The van der Waals surface area contributed by atoms with Crippen LogP contribution in [0.1, 0.15) is 5.56 Å². The second-order valence-electron chi connectivity index (χ2n) is 3.59. The van der Waals surface area contributed by atoms with E-state index in [1.54, 1.807) is 10.8 Å². The van der Waals surface area contributed by atoms with Gasteiger partial charge in [-0.2, -0.15) is 0 Å². The standard InChI is InChI=1S/C13H11Br2NO/c14-8-6-11-12(15)7-9-16(13(11)17)10-4-2-1-3-5-10/h1-5,7,9H,6,8H2. The first-order valence-electron chi connectivity index (χ1n) is 5.25.